The summed E-state index contributed by atoms with van der Waals surface area (Å²) >= 11 is 0. The Kier molecular flexibility index (Phi) is 3.52. The van der Waals surface area contributed by atoms with Gasteiger partial charge in [0.2, 0.25) is 0 Å². The molecule has 0 radical (unpaired) electrons. The van der Waals surface area contributed by atoms with E-state index in [9.17, 15) is 9.59 Å². The van der Waals surface area contributed by atoms with Crippen molar-refractivity contribution in [2.45, 2.75) is 6.42 Å². The number of aromatic nitrogens is 1. The lowest BCUT2D eigenvalue weighted by Gasteiger charge is -2.06. The van der Waals surface area contributed by atoms with Crippen LogP contribution in [0.25, 0.3) is 10.9 Å². The molecule has 5 heteroatoms. The number of aliphatic carboxylic acids is 1. The zero-order valence-electron chi connectivity index (χ0n) is 9.59. The van der Waals surface area contributed by atoms with Crippen LogP contribution >= 0.6 is 0 Å². The number of carbonyl (C=O) groups excluding carboxylic acids is 1. The predicted molar refractivity (Wildman–Crippen MR) is 66.3 cm³/mol. The van der Waals surface area contributed by atoms with Crippen molar-refractivity contribution >= 4 is 22.8 Å². The third-order valence-corrected chi connectivity index (χ3v) is 2.51. The van der Waals surface area contributed by atoms with E-state index in [0.29, 0.717) is 5.56 Å². The van der Waals surface area contributed by atoms with Crippen molar-refractivity contribution in [1.82, 2.24) is 10.3 Å². The molecule has 2 aromatic rings. The standard InChI is InChI=1S/C13H12N2O3/c16-12(17)6-8-15-13(18)10-3-1-5-11-9(10)4-2-7-14-11/h1-5,7H,6,8H2,(H,15,18)(H,16,17). The first-order chi connectivity index (χ1) is 8.68. The summed E-state index contributed by atoms with van der Waals surface area (Å²) in [7, 11) is 0. The molecule has 0 atom stereocenters. The van der Waals surface area contributed by atoms with Crippen LogP contribution in [0.4, 0.5) is 0 Å². The third kappa shape index (κ3) is 2.63. The third-order valence-electron chi connectivity index (χ3n) is 2.51. The smallest absolute Gasteiger partial charge is 0.305 e. The fraction of sp³-hybridized carbons (Fsp3) is 0.154. The molecule has 18 heavy (non-hydrogen) atoms. The Hall–Kier alpha value is -2.43. The molecule has 1 aromatic heterocycles. The van der Waals surface area contributed by atoms with Gasteiger partial charge in [-0.25, -0.2) is 0 Å². The van der Waals surface area contributed by atoms with Gasteiger partial charge in [0, 0.05) is 23.7 Å². The number of carbonyl (C=O) groups is 2. The van der Waals surface area contributed by atoms with Crippen LogP contribution in [0.5, 0.6) is 0 Å². The van der Waals surface area contributed by atoms with Crippen molar-refractivity contribution in [3.05, 3.63) is 42.1 Å². The first-order valence-electron chi connectivity index (χ1n) is 5.52. The molecule has 0 aliphatic rings. The Labute approximate surface area is 103 Å². The summed E-state index contributed by atoms with van der Waals surface area (Å²) in [6, 6.07) is 8.84. The molecular formula is C13H12N2O3. The molecule has 2 rings (SSSR count). The van der Waals surface area contributed by atoms with E-state index in [0.717, 1.165) is 10.9 Å². The lowest BCUT2D eigenvalue weighted by Crippen LogP contribution is -2.26. The van der Waals surface area contributed by atoms with Gasteiger partial charge >= 0.3 is 5.97 Å². The number of pyridine rings is 1. The van der Waals surface area contributed by atoms with E-state index in [-0.39, 0.29) is 18.9 Å². The summed E-state index contributed by atoms with van der Waals surface area (Å²) < 4.78 is 0. The largest absolute Gasteiger partial charge is 0.481 e. The topological polar surface area (TPSA) is 79.3 Å². The van der Waals surface area contributed by atoms with Crippen molar-refractivity contribution < 1.29 is 14.7 Å². The van der Waals surface area contributed by atoms with Crippen molar-refractivity contribution in [3.8, 4) is 0 Å². The summed E-state index contributed by atoms with van der Waals surface area (Å²) in [5.74, 6) is -1.22. The summed E-state index contributed by atoms with van der Waals surface area (Å²) in [6.45, 7) is 0.116. The van der Waals surface area contributed by atoms with Crippen LogP contribution in [0, 0.1) is 0 Å². The Bertz CT molecular complexity index is 590. The number of nitrogens with one attached hydrogen (secondary N) is 1. The molecule has 0 saturated heterocycles. The molecule has 5 nitrogen and oxygen atoms in total. The van der Waals surface area contributed by atoms with Crippen LogP contribution in [-0.2, 0) is 4.79 Å². The van der Waals surface area contributed by atoms with Crippen LogP contribution in [-0.4, -0.2) is 28.5 Å². The Balaban J connectivity index is 2.20. The Morgan fingerprint density at radius 2 is 2.06 bits per heavy atom. The minimum atomic E-state index is -0.935. The van der Waals surface area contributed by atoms with Gasteiger partial charge in [-0.2, -0.15) is 0 Å². The van der Waals surface area contributed by atoms with Crippen LogP contribution in [0.15, 0.2) is 36.5 Å². The van der Waals surface area contributed by atoms with E-state index < -0.39 is 5.97 Å². The van der Waals surface area contributed by atoms with Crippen LogP contribution in [0.3, 0.4) is 0 Å². The van der Waals surface area contributed by atoms with E-state index in [2.05, 4.69) is 10.3 Å². The molecule has 1 aromatic carbocycles. The number of rotatable bonds is 4. The number of hydrogen-bond donors (Lipinski definition) is 2. The highest BCUT2D eigenvalue weighted by molar-refractivity contribution is 6.06. The van der Waals surface area contributed by atoms with Gasteiger partial charge < -0.3 is 10.4 Å². The second-order valence-electron chi connectivity index (χ2n) is 3.78. The highest BCUT2D eigenvalue weighted by Crippen LogP contribution is 2.15. The first kappa shape index (κ1) is 12.0. The van der Waals surface area contributed by atoms with E-state index in [1.54, 1.807) is 24.4 Å². The summed E-state index contributed by atoms with van der Waals surface area (Å²) in [6.07, 6.45) is 1.57. The molecule has 0 fully saturated rings. The molecule has 92 valence electrons. The minimum Gasteiger partial charge on any atom is -0.481 e. The molecule has 0 unspecified atom stereocenters. The van der Waals surface area contributed by atoms with E-state index in [4.69, 9.17) is 5.11 Å². The lowest BCUT2D eigenvalue weighted by atomic mass is 10.1. The maximum atomic E-state index is 11.9. The highest BCUT2D eigenvalue weighted by atomic mass is 16.4. The van der Waals surface area contributed by atoms with Gasteiger partial charge in [-0.15, -0.1) is 0 Å². The van der Waals surface area contributed by atoms with Crippen molar-refractivity contribution in [2.24, 2.45) is 0 Å². The van der Waals surface area contributed by atoms with E-state index in [1.165, 1.54) is 0 Å². The molecule has 0 spiro atoms. The number of carboxylic acid groups (broad SMARTS) is 1. The quantitative estimate of drug-likeness (QED) is 0.852. The van der Waals surface area contributed by atoms with Crippen LogP contribution in [0.1, 0.15) is 16.8 Å². The summed E-state index contributed by atoms with van der Waals surface area (Å²) in [5.41, 5.74) is 1.24. The minimum absolute atomic E-state index is 0.0885. The Morgan fingerprint density at radius 1 is 1.22 bits per heavy atom. The van der Waals surface area contributed by atoms with E-state index >= 15 is 0 Å². The van der Waals surface area contributed by atoms with Gasteiger partial charge in [0.1, 0.15) is 0 Å². The number of fused-ring (bicyclic) bond motifs is 1. The zero-order valence-corrected chi connectivity index (χ0v) is 9.59. The molecule has 0 saturated carbocycles. The lowest BCUT2D eigenvalue weighted by molar-refractivity contribution is -0.136. The average Bonchev–Trinajstić information content (AvgIpc) is 2.37. The molecular weight excluding hydrogens is 232 g/mol. The van der Waals surface area contributed by atoms with Crippen molar-refractivity contribution in [3.63, 3.8) is 0 Å². The molecule has 1 amide bonds. The van der Waals surface area contributed by atoms with E-state index in [1.807, 2.05) is 12.1 Å². The fourth-order valence-electron chi connectivity index (χ4n) is 1.68. The monoisotopic (exact) mass is 244 g/mol. The summed E-state index contributed by atoms with van der Waals surface area (Å²) in [5, 5.41) is 11.8. The maximum absolute atomic E-state index is 11.9. The molecule has 1 heterocycles. The van der Waals surface area contributed by atoms with Crippen LogP contribution in [0.2, 0.25) is 0 Å². The van der Waals surface area contributed by atoms with Crippen molar-refractivity contribution in [2.75, 3.05) is 6.54 Å². The van der Waals surface area contributed by atoms with Gasteiger partial charge in [0.05, 0.1) is 11.9 Å². The number of nitrogens with zero attached hydrogens (tertiary/aromatic N) is 1. The Morgan fingerprint density at radius 3 is 2.83 bits per heavy atom. The van der Waals surface area contributed by atoms with Gasteiger partial charge in [0.25, 0.3) is 5.91 Å². The number of benzene rings is 1. The van der Waals surface area contributed by atoms with Gasteiger partial charge in [0.15, 0.2) is 0 Å². The predicted octanol–water partition coefficient (Wildman–Crippen LogP) is 1.44. The molecule has 0 aliphatic carbocycles. The maximum Gasteiger partial charge on any atom is 0.305 e. The molecule has 0 bridgehead atoms. The second-order valence-corrected chi connectivity index (χ2v) is 3.78. The first-order valence-corrected chi connectivity index (χ1v) is 5.52. The number of hydrogen-bond acceptors (Lipinski definition) is 3. The zero-order chi connectivity index (χ0) is 13.0. The van der Waals surface area contributed by atoms with Gasteiger partial charge in [-0.05, 0) is 18.2 Å². The van der Waals surface area contributed by atoms with Gasteiger partial charge in [-0.3, -0.25) is 14.6 Å². The molecule has 2 N–H and O–H groups in total. The summed E-state index contributed by atoms with van der Waals surface area (Å²) in [4.78, 5) is 26.4. The highest BCUT2D eigenvalue weighted by Gasteiger charge is 2.09. The fourth-order valence-corrected chi connectivity index (χ4v) is 1.68. The second kappa shape index (κ2) is 5.27. The number of carboxylic acids is 1. The van der Waals surface area contributed by atoms with Crippen molar-refractivity contribution in [1.29, 1.82) is 0 Å². The average molecular weight is 244 g/mol. The normalized spacial score (nSPS) is 10.2. The molecule has 0 aliphatic heterocycles. The SMILES string of the molecule is O=C(O)CCNC(=O)c1cccc2ncccc12. The van der Waals surface area contributed by atoms with Gasteiger partial charge in [-0.1, -0.05) is 12.1 Å². The number of amides is 1. The van der Waals surface area contributed by atoms with Crippen LogP contribution < -0.4 is 5.32 Å².